The zero-order valence-electron chi connectivity index (χ0n) is 9.44. The van der Waals surface area contributed by atoms with Crippen LogP contribution in [0.15, 0.2) is 30.5 Å². The summed E-state index contributed by atoms with van der Waals surface area (Å²) >= 11 is 17.2. The first-order valence-electron chi connectivity index (χ1n) is 5.16. The van der Waals surface area contributed by atoms with Crippen LogP contribution in [0.2, 0.25) is 15.3 Å². The number of hydrogen-bond donors (Lipinski definition) is 0. The summed E-state index contributed by atoms with van der Waals surface area (Å²) < 4.78 is 5.06. The monoisotopic (exact) mass is 316 g/mol. The maximum Gasteiger partial charge on any atom is 0.358 e. The van der Waals surface area contributed by atoms with Gasteiger partial charge in [-0.2, -0.15) is 0 Å². The van der Waals surface area contributed by atoms with Gasteiger partial charge in [-0.1, -0.05) is 40.9 Å². The lowest BCUT2D eigenvalue weighted by Crippen LogP contribution is -2.08. The minimum absolute atomic E-state index is 0.0175. The number of rotatable bonds is 3. The number of carbonyl (C=O) groups excluding carboxylic acids is 1. The van der Waals surface area contributed by atoms with Gasteiger partial charge in [0.05, 0.1) is 5.02 Å². The molecule has 0 N–H and O–H groups in total. The van der Waals surface area contributed by atoms with E-state index in [0.29, 0.717) is 10.7 Å². The lowest BCUT2D eigenvalue weighted by atomic mass is 10.3. The van der Waals surface area contributed by atoms with Gasteiger partial charge in [0, 0.05) is 11.8 Å². The minimum atomic E-state index is -0.651. The summed E-state index contributed by atoms with van der Waals surface area (Å²) in [6.07, 6.45) is 1.52. The first kappa shape index (κ1) is 14.1. The number of ether oxygens (including phenoxy) is 1. The molecule has 0 amide bonds. The highest BCUT2D eigenvalue weighted by Gasteiger charge is 2.14. The van der Waals surface area contributed by atoms with E-state index in [1.54, 1.807) is 12.1 Å². The summed E-state index contributed by atoms with van der Waals surface area (Å²) in [7, 11) is 0. The SMILES string of the molecule is O=C(OCc1ccc(Cl)nc1)c1nc(Cl)ccc1Cl. The predicted molar refractivity (Wildman–Crippen MR) is 72.6 cm³/mol. The van der Waals surface area contributed by atoms with Crippen LogP contribution >= 0.6 is 34.8 Å². The van der Waals surface area contributed by atoms with Crippen molar-refractivity contribution in [3.8, 4) is 0 Å². The third-order valence-corrected chi connectivity index (χ3v) is 2.90. The van der Waals surface area contributed by atoms with Crippen LogP contribution in [-0.2, 0) is 11.3 Å². The van der Waals surface area contributed by atoms with Gasteiger partial charge in [0.15, 0.2) is 5.69 Å². The number of nitrogens with zero attached hydrogens (tertiary/aromatic N) is 2. The second-order valence-electron chi connectivity index (χ2n) is 3.53. The summed E-state index contributed by atoms with van der Waals surface area (Å²) in [5, 5.41) is 0.725. The standard InChI is InChI=1S/C12H7Cl3N2O2/c13-8-2-4-10(15)17-11(8)12(18)19-6-7-1-3-9(14)16-5-7/h1-5H,6H2. The van der Waals surface area contributed by atoms with Gasteiger partial charge in [-0.3, -0.25) is 0 Å². The van der Waals surface area contributed by atoms with Gasteiger partial charge in [0.25, 0.3) is 0 Å². The zero-order chi connectivity index (χ0) is 13.8. The van der Waals surface area contributed by atoms with E-state index in [4.69, 9.17) is 39.5 Å². The van der Waals surface area contributed by atoms with Crippen LogP contribution in [0.1, 0.15) is 16.1 Å². The molecule has 0 aromatic carbocycles. The molecule has 0 unspecified atom stereocenters. The van der Waals surface area contributed by atoms with Gasteiger partial charge < -0.3 is 4.74 Å². The van der Waals surface area contributed by atoms with Gasteiger partial charge in [-0.15, -0.1) is 0 Å². The van der Waals surface area contributed by atoms with E-state index in [1.165, 1.54) is 18.3 Å². The Morgan fingerprint density at radius 2 is 1.84 bits per heavy atom. The molecule has 0 spiro atoms. The molecule has 98 valence electrons. The molecule has 2 aromatic rings. The van der Waals surface area contributed by atoms with E-state index < -0.39 is 5.97 Å². The van der Waals surface area contributed by atoms with Crippen LogP contribution in [0.4, 0.5) is 0 Å². The Bertz CT molecular complexity index is 602. The molecule has 0 fully saturated rings. The van der Waals surface area contributed by atoms with Gasteiger partial charge in [0.2, 0.25) is 0 Å². The molecule has 0 atom stereocenters. The number of halogens is 3. The van der Waals surface area contributed by atoms with Gasteiger partial charge in [0.1, 0.15) is 16.9 Å². The highest BCUT2D eigenvalue weighted by Crippen LogP contribution is 2.18. The molecule has 0 saturated carbocycles. The summed E-state index contributed by atoms with van der Waals surface area (Å²) in [5.41, 5.74) is 0.687. The summed E-state index contributed by atoms with van der Waals surface area (Å²) in [5.74, 6) is -0.651. The molecule has 0 saturated heterocycles. The van der Waals surface area contributed by atoms with E-state index in [2.05, 4.69) is 9.97 Å². The Hall–Kier alpha value is -1.36. The Morgan fingerprint density at radius 3 is 2.53 bits per heavy atom. The smallest absolute Gasteiger partial charge is 0.358 e. The van der Waals surface area contributed by atoms with Gasteiger partial charge in [-0.05, 0) is 18.2 Å². The van der Waals surface area contributed by atoms with Crippen molar-refractivity contribution in [2.45, 2.75) is 6.61 Å². The van der Waals surface area contributed by atoms with Crippen molar-refractivity contribution in [3.63, 3.8) is 0 Å². The highest BCUT2D eigenvalue weighted by atomic mass is 35.5. The Labute approximate surface area is 124 Å². The van der Waals surface area contributed by atoms with E-state index in [0.717, 1.165) is 0 Å². The average molecular weight is 318 g/mol. The second kappa shape index (κ2) is 6.19. The second-order valence-corrected chi connectivity index (χ2v) is 4.71. The maximum atomic E-state index is 11.8. The first-order chi connectivity index (χ1) is 9.06. The van der Waals surface area contributed by atoms with Crippen LogP contribution < -0.4 is 0 Å². The largest absolute Gasteiger partial charge is 0.456 e. The van der Waals surface area contributed by atoms with Crippen LogP contribution in [-0.4, -0.2) is 15.9 Å². The lowest BCUT2D eigenvalue weighted by molar-refractivity contribution is 0.0465. The van der Waals surface area contributed by atoms with Crippen molar-refractivity contribution in [1.82, 2.24) is 9.97 Å². The van der Waals surface area contributed by atoms with E-state index in [9.17, 15) is 4.79 Å². The quantitative estimate of drug-likeness (QED) is 0.638. The fourth-order valence-corrected chi connectivity index (χ4v) is 1.71. The molecule has 19 heavy (non-hydrogen) atoms. The number of pyridine rings is 2. The molecule has 4 nitrogen and oxygen atoms in total. The number of aromatic nitrogens is 2. The molecular weight excluding hydrogens is 311 g/mol. The highest BCUT2D eigenvalue weighted by molar-refractivity contribution is 6.34. The summed E-state index contributed by atoms with van der Waals surface area (Å²) in [4.78, 5) is 19.5. The van der Waals surface area contributed by atoms with Crippen LogP contribution in [0.25, 0.3) is 0 Å². The van der Waals surface area contributed by atoms with Gasteiger partial charge >= 0.3 is 5.97 Å². The number of esters is 1. The van der Waals surface area contributed by atoms with Crippen LogP contribution in [0.3, 0.4) is 0 Å². The van der Waals surface area contributed by atoms with Crippen molar-refractivity contribution in [2.75, 3.05) is 0 Å². The van der Waals surface area contributed by atoms with Crippen molar-refractivity contribution in [1.29, 1.82) is 0 Å². The average Bonchev–Trinajstić information content (AvgIpc) is 2.40. The minimum Gasteiger partial charge on any atom is -0.456 e. The molecule has 2 rings (SSSR count). The Morgan fingerprint density at radius 1 is 1.11 bits per heavy atom. The molecule has 0 aliphatic carbocycles. The van der Waals surface area contributed by atoms with E-state index in [-0.39, 0.29) is 22.5 Å². The summed E-state index contributed by atoms with van der Waals surface area (Å²) in [6, 6.07) is 6.28. The third kappa shape index (κ3) is 3.80. The molecule has 0 radical (unpaired) electrons. The van der Waals surface area contributed by atoms with Crippen molar-refractivity contribution < 1.29 is 9.53 Å². The van der Waals surface area contributed by atoms with Crippen molar-refractivity contribution in [3.05, 3.63) is 57.0 Å². The molecule has 2 aromatic heterocycles. The van der Waals surface area contributed by atoms with Crippen molar-refractivity contribution >= 4 is 40.8 Å². The third-order valence-electron chi connectivity index (χ3n) is 2.16. The van der Waals surface area contributed by atoms with E-state index >= 15 is 0 Å². The Kier molecular flexibility index (Phi) is 4.58. The predicted octanol–water partition coefficient (Wildman–Crippen LogP) is 3.79. The first-order valence-corrected chi connectivity index (χ1v) is 6.29. The Balaban J connectivity index is 2.05. The molecule has 7 heteroatoms. The number of carbonyl (C=O) groups is 1. The molecule has 0 aliphatic rings. The summed E-state index contributed by atoms with van der Waals surface area (Å²) in [6.45, 7) is 0.0491. The fourth-order valence-electron chi connectivity index (χ4n) is 1.27. The van der Waals surface area contributed by atoms with Crippen LogP contribution in [0, 0.1) is 0 Å². The topological polar surface area (TPSA) is 52.1 Å². The van der Waals surface area contributed by atoms with Crippen LogP contribution in [0.5, 0.6) is 0 Å². The maximum absolute atomic E-state index is 11.8. The molecular formula is C12H7Cl3N2O2. The zero-order valence-corrected chi connectivity index (χ0v) is 11.7. The number of hydrogen-bond acceptors (Lipinski definition) is 4. The van der Waals surface area contributed by atoms with E-state index in [1.807, 2.05) is 0 Å². The normalized spacial score (nSPS) is 10.3. The molecule has 0 bridgehead atoms. The molecule has 0 aliphatic heterocycles. The lowest BCUT2D eigenvalue weighted by Gasteiger charge is -2.05. The molecule has 2 heterocycles. The van der Waals surface area contributed by atoms with Gasteiger partial charge in [-0.25, -0.2) is 14.8 Å². The fraction of sp³-hybridized carbons (Fsp3) is 0.0833. The van der Waals surface area contributed by atoms with Crippen molar-refractivity contribution in [2.24, 2.45) is 0 Å².